The summed E-state index contributed by atoms with van der Waals surface area (Å²) in [5, 5.41) is 2.99. The highest BCUT2D eigenvalue weighted by molar-refractivity contribution is 5.93. The Morgan fingerprint density at radius 3 is 2.20 bits per heavy atom. The zero-order valence-corrected chi connectivity index (χ0v) is 20.8. The van der Waals surface area contributed by atoms with E-state index in [2.05, 4.69) is 15.1 Å². The molecule has 0 saturated carbocycles. The van der Waals surface area contributed by atoms with Crippen LogP contribution in [0.3, 0.4) is 0 Å². The van der Waals surface area contributed by atoms with E-state index < -0.39 is 6.04 Å². The lowest BCUT2D eigenvalue weighted by Crippen LogP contribution is -2.60. The Morgan fingerprint density at radius 1 is 0.943 bits per heavy atom. The lowest BCUT2D eigenvalue weighted by molar-refractivity contribution is -0.135. The first kappa shape index (κ1) is 24.8. The predicted octanol–water partition coefficient (Wildman–Crippen LogP) is 1.75. The van der Waals surface area contributed by atoms with E-state index in [9.17, 15) is 9.59 Å². The van der Waals surface area contributed by atoms with Crippen molar-refractivity contribution in [2.75, 3.05) is 88.8 Å². The van der Waals surface area contributed by atoms with Crippen LogP contribution in [0.5, 0.6) is 5.75 Å². The number of likely N-dealkylation sites (N-methyl/N-ethyl adjacent to an activating group) is 1. The fraction of sp³-hybridized carbons (Fsp3) is 0.462. The fourth-order valence-corrected chi connectivity index (χ4v) is 4.53. The third-order valence-electron chi connectivity index (χ3n) is 6.53. The summed E-state index contributed by atoms with van der Waals surface area (Å²) in [5.74, 6) is 0.660. The minimum absolute atomic E-state index is 0.00845. The lowest BCUT2D eigenvalue weighted by Gasteiger charge is -2.42. The van der Waals surface area contributed by atoms with Gasteiger partial charge in [-0.1, -0.05) is 0 Å². The molecule has 1 atom stereocenters. The van der Waals surface area contributed by atoms with Gasteiger partial charge >= 0.3 is 0 Å². The van der Waals surface area contributed by atoms with E-state index in [1.54, 1.807) is 26.1 Å². The summed E-state index contributed by atoms with van der Waals surface area (Å²) < 4.78 is 10.7. The molecule has 0 radical (unpaired) electrons. The van der Waals surface area contributed by atoms with Crippen molar-refractivity contribution in [2.45, 2.75) is 6.04 Å². The van der Waals surface area contributed by atoms with Gasteiger partial charge in [0.25, 0.3) is 0 Å². The Kier molecular flexibility index (Phi) is 8.09. The lowest BCUT2D eigenvalue weighted by atomic mass is 10.1. The van der Waals surface area contributed by atoms with Crippen LogP contribution in [0, 0.1) is 0 Å². The van der Waals surface area contributed by atoms with Crippen LogP contribution >= 0.6 is 0 Å². The molecule has 2 amide bonds. The quantitative estimate of drug-likeness (QED) is 0.646. The average Bonchev–Trinajstić information content (AvgIpc) is 2.89. The number of benzene rings is 2. The number of nitrogens with one attached hydrogen (secondary N) is 1. The molecule has 2 heterocycles. The van der Waals surface area contributed by atoms with Gasteiger partial charge in [-0.15, -0.1) is 0 Å². The minimum atomic E-state index is -0.407. The van der Waals surface area contributed by atoms with E-state index >= 15 is 0 Å². The number of amides is 2. The van der Waals surface area contributed by atoms with Crippen molar-refractivity contribution in [3.8, 4) is 5.75 Å². The average molecular weight is 482 g/mol. The molecular formula is C26H35N5O4. The highest BCUT2D eigenvalue weighted by Crippen LogP contribution is 2.23. The SMILES string of the molecule is COc1ccc(N2CCN(CC(=O)Nc3ccc(N4CCOCC4)cc3)[C@@H](C(=O)N(C)C)C2)cc1. The van der Waals surface area contributed by atoms with E-state index in [0.29, 0.717) is 13.1 Å². The summed E-state index contributed by atoms with van der Waals surface area (Å²) in [6.45, 7) is 5.22. The van der Waals surface area contributed by atoms with Crippen molar-refractivity contribution in [3.05, 3.63) is 48.5 Å². The van der Waals surface area contributed by atoms with Crippen molar-refractivity contribution in [3.63, 3.8) is 0 Å². The van der Waals surface area contributed by atoms with Crippen LogP contribution < -0.4 is 19.9 Å². The molecule has 188 valence electrons. The Bertz CT molecular complexity index is 990. The predicted molar refractivity (Wildman–Crippen MR) is 137 cm³/mol. The van der Waals surface area contributed by atoms with Crippen LogP contribution in [0.1, 0.15) is 0 Å². The number of nitrogens with zero attached hydrogens (tertiary/aromatic N) is 4. The molecule has 0 aromatic heterocycles. The smallest absolute Gasteiger partial charge is 0.241 e. The molecule has 2 saturated heterocycles. The maximum absolute atomic E-state index is 13.0. The number of ether oxygens (including phenoxy) is 2. The molecule has 0 unspecified atom stereocenters. The first-order valence-corrected chi connectivity index (χ1v) is 12.0. The molecule has 0 bridgehead atoms. The van der Waals surface area contributed by atoms with E-state index in [0.717, 1.165) is 55.7 Å². The van der Waals surface area contributed by atoms with E-state index in [1.165, 1.54) is 0 Å². The van der Waals surface area contributed by atoms with Gasteiger partial charge < -0.3 is 29.5 Å². The minimum Gasteiger partial charge on any atom is -0.497 e. The molecular weight excluding hydrogens is 446 g/mol. The Balaban J connectivity index is 1.38. The Morgan fingerprint density at radius 2 is 1.57 bits per heavy atom. The molecule has 2 aromatic rings. The van der Waals surface area contributed by atoms with Crippen LogP contribution in [0.25, 0.3) is 0 Å². The maximum Gasteiger partial charge on any atom is 0.241 e. The zero-order valence-electron chi connectivity index (χ0n) is 20.8. The Hall–Kier alpha value is -3.30. The molecule has 2 aliphatic rings. The molecule has 1 N–H and O–H groups in total. The van der Waals surface area contributed by atoms with Gasteiger partial charge in [-0.2, -0.15) is 0 Å². The summed E-state index contributed by atoms with van der Waals surface area (Å²) in [6, 6.07) is 15.3. The van der Waals surface area contributed by atoms with Gasteiger partial charge in [0.1, 0.15) is 11.8 Å². The molecule has 0 spiro atoms. The van der Waals surface area contributed by atoms with E-state index in [4.69, 9.17) is 9.47 Å². The summed E-state index contributed by atoms with van der Waals surface area (Å²) in [5.41, 5.74) is 2.91. The van der Waals surface area contributed by atoms with Crippen molar-refractivity contribution in [2.24, 2.45) is 0 Å². The summed E-state index contributed by atoms with van der Waals surface area (Å²) in [7, 11) is 5.15. The van der Waals surface area contributed by atoms with E-state index in [1.807, 2.05) is 53.4 Å². The van der Waals surface area contributed by atoms with Gasteiger partial charge in [-0.25, -0.2) is 0 Å². The number of carbonyl (C=O) groups excluding carboxylic acids is 2. The Labute approximate surface area is 207 Å². The molecule has 9 heteroatoms. The van der Waals surface area contributed by atoms with Crippen molar-refractivity contribution < 1.29 is 19.1 Å². The number of morpholine rings is 1. The van der Waals surface area contributed by atoms with Crippen LogP contribution in [-0.4, -0.2) is 101 Å². The maximum atomic E-state index is 13.0. The summed E-state index contributed by atoms with van der Waals surface area (Å²) in [6.07, 6.45) is 0. The second-order valence-corrected chi connectivity index (χ2v) is 9.06. The number of rotatable bonds is 7. The number of carbonyl (C=O) groups is 2. The summed E-state index contributed by atoms with van der Waals surface area (Å²) in [4.78, 5) is 33.9. The van der Waals surface area contributed by atoms with E-state index in [-0.39, 0.29) is 18.4 Å². The van der Waals surface area contributed by atoms with Gasteiger partial charge in [0.05, 0.1) is 26.9 Å². The third-order valence-corrected chi connectivity index (χ3v) is 6.53. The first-order valence-electron chi connectivity index (χ1n) is 12.0. The van der Waals surface area contributed by atoms with Gasteiger partial charge in [-0.3, -0.25) is 14.5 Å². The monoisotopic (exact) mass is 481 g/mol. The molecule has 0 aliphatic carbocycles. The molecule has 9 nitrogen and oxygen atoms in total. The molecule has 2 aromatic carbocycles. The topological polar surface area (TPSA) is 77.6 Å². The van der Waals surface area contributed by atoms with Crippen molar-refractivity contribution in [1.82, 2.24) is 9.80 Å². The van der Waals surface area contributed by atoms with Crippen LogP contribution in [0.4, 0.5) is 17.1 Å². The number of piperazine rings is 1. The van der Waals surface area contributed by atoms with Crippen molar-refractivity contribution in [1.29, 1.82) is 0 Å². The molecule has 4 rings (SSSR count). The second kappa shape index (κ2) is 11.4. The largest absolute Gasteiger partial charge is 0.497 e. The van der Waals surface area contributed by atoms with Crippen molar-refractivity contribution >= 4 is 28.9 Å². The second-order valence-electron chi connectivity index (χ2n) is 9.06. The fourth-order valence-electron chi connectivity index (χ4n) is 4.53. The van der Waals surface area contributed by atoms with Crippen LogP contribution in [0.15, 0.2) is 48.5 Å². The van der Waals surface area contributed by atoms with Gasteiger partial charge in [0.2, 0.25) is 11.8 Å². The number of anilines is 3. The van der Waals surface area contributed by atoms with Gasteiger partial charge in [0.15, 0.2) is 0 Å². The molecule has 2 aliphatic heterocycles. The third kappa shape index (κ3) is 6.23. The first-order chi connectivity index (χ1) is 16.9. The highest BCUT2D eigenvalue weighted by Gasteiger charge is 2.34. The number of hydrogen-bond acceptors (Lipinski definition) is 7. The van der Waals surface area contributed by atoms with Crippen LogP contribution in [-0.2, 0) is 14.3 Å². The van der Waals surface area contributed by atoms with Gasteiger partial charge in [0, 0.05) is 63.9 Å². The molecule has 35 heavy (non-hydrogen) atoms. The number of hydrogen-bond donors (Lipinski definition) is 1. The standard InChI is InChI=1S/C26H35N5O4/c1-28(2)26(33)24-18-30(22-8-10-23(34-3)11-9-22)12-13-31(24)19-25(32)27-20-4-6-21(7-5-20)29-14-16-35-17-15-29/h4-11,24H,12-19H2,1-3H3,(H,27,32)/t24-/m1/s1. The van der Waals surface area contributed by atoms with Crippen LogP contribution in [0.2, 0.25) is 0 Å². The number of methoxy groups -OCH3 is 1. The van der Waals surface area contributed by atoms with Gasteiger partial charge in [-0.05, 0) is 48.5 Å². The normalized spacial score (nSPS) is 18.8. The summed E-state index contributed by atoms with van der Waals surface area (Å²) >= 11 is 0. The zero-order chi connectivity index (χ0) is 24.8. The highest BCUT2D eigenvalue weighted by atomic mass is 16.5. The molecule has 2 fully saturated rings.